The molecule has 0 spiro atoms. The van der Waals surface area contributed by atoms with Crippen LogP contribution < -0.4 is 4.72 Å². The van der Waals surface area contributed by atoms with E-state index in [0.717, 1.165) is 15.2 Å². The van der Waals surface area contributed by atoms with Crippen molar-refractivity contribution >= 4 is 60.2 Å². The molecule has 0 saturated carbocycles. The lowest BCUT2D eigenvalue weighted by Crippen LogP contribution is -2.13. The Labute approximate surface area is 142 Å². The molecule has 0 amide bonds. The van der Waals surface area contributed by atoms with Crippen LogP contribution >= 0.6 is 38.5 Å². The second-order valence-electron chi connectivity index (χ2n) is 4.12. The number of halogens is 2. The third-order valence-corrected chi connectivity index (χ3v) is 5.98. The van der Waals surface area contributed by atoms with Gasteiger partial charge in [-0.2, -0.15) is 0 Å². The second-order valence-corrected chi connectivity index (χ2v) is 7.66. The highest BCUT2D eigenvalue weighted by molar-refractivity contribution is 14.1. The van der Waals surface area contributed by atoms with Crippen LogP contribution in [0.3, 0.4) is 0 Å². The Morgan fingerprint density at radius 1 is 1.38 bits per heavy atom. The zero-order valence-electron chi connectivity index (χ0n) is 10.6. The van der Waals surface area contributed by atoms with Crippen LogP contribution in [0.15, 0.2) is 38.2 Å². The van der Waals surface area contributed by atoms with Gasteiger partial charge in [0.1, 0.15) is 4.90 Å². The van der Waals surface area contributed by atoms with E-state index in [2.05, 4.69) is 43.2 Å². The molecule has 1 heterocycles. The fourth-order valence-corrected chi connectivity index (χ4v) is 4.01. The van der Waals surface area contributed by atoms with Crippen LogP contribution in [0.2, 0.25) is 0 Å². The molecule has 0 atom stereocenters. The summed E-state index contributed by atoms with van der Waals surface area (Å²) in [5, 5.41) is 8.81. The van der Waals surface area contributed by atoms with Crippen LogP contribution in [-0.2, 0) is 10.0 Å². The molecule has 1 aromatic carbocycles. The molecular weight excluding hydrogens is 477 g/mol. The monoisotopic (exact) mass is 485 g/mol. The molecule has 112 valence electrons. The lowest BCUT2D eigenvalue weighted by Gasteiger charge is -2.08. The van der Waals surface area contributed by atoms with Gasteiger partial charge in [0.15, 0.2) is 4.67 Å². The molecule has 1 aromatic heterocycles. The van der Waals surface area contributed by atoms with E-state index >= 15 is 0 Å². The van der Waals surface area contributed by atoms with Gasteiger partial charge in [-0.1, -0.05) is 6.07 Å². The van der Waals surface area contributed by atoms with E-state index in [1.807, 2.05) is 6.92 Å². The first-order valence-corrected chi connectivity index (χ1v) is 8.88. The zero-order chi connectivity index (χ0) is 15.8. The number of benzene rings is 1. The van der Waals surface area contributed by atoms with Gasteiger partial charge in [0, 0.05) is 15.3 Å². The van der Waals surface area contributed by atoms with Crippen molar-refractivity contribution in [2.45, 2.75) is 11.8 Å². The summed E-state index contributed by atoms with van der Waals surface area (Å²) in [6.07, 6.45) is 0. The topological polar surface area (TPSA) is 96.6 Å². The number of carboxylic acid groups (broad SMARTS) is 1. The number of hydrogen-bond acceptors (Lipinski definition) is 4. The summed E-state index contributed by atoms with van der Waals surface area (Å²) < 4.78 is 32.5. The predicted molar refractivity (Wildman–Crippen MR) is 88.1 cm³/mol. The molecule has 2 aromatic rings. The number of furan rings is 1. The molecule has 21 heavy (non-hydrogen) atoms. The number of anilines is 1. The van der Waals surface area contributed by atoms with Crippen molar-refractivity contribution in [2.24, 2.45) is 0 Å². The van der Waals surface area contributed by atoms with Crippen LogP contribution in [0, 0.1) is 10.5 Å². The van der Waals surface area contributed by atoms with Gasteiger partial charge in [0.2, 0.25) is 5.76 Å². The number of aryl methyl sites for hydroxylation is 1. The van der Waals surface area contributed by atoms with Crippen LogP contribution in [0.5, 0.6) is 0 Å². The highest BCUT2D eigenvalue weighted by atomic mass is 127. The van der Waals surface area contributed by atoms with E-state index < -0.39 is 21.8 Å². The van der Waals surface area contributed by atoms with Crippen molar-refractivity contribution in [2.75, 3.05) is 4.72 Å². The summed E-state index contributed by atoms with van der Waals surface area (Å²) in [4.78, 5) is 10.5. The number of rotatable bonds is 4. The van der Waals surface area contributed by atoms with Crippen molar-refractivity contribution in [1.82, 2.24) is 0 Å². The van der Waals surface area contributed by atoms with Crippen LogP contribution in [0.4, 0.5) is 5.69 Å². The Balaban J connectivity index is 2.38. The number of nitrogens with one attached hydrogen (secondary N) is 1. The van der Waals surface area contributed by atoms with Crippen molar-refractivity contribution < 1.29 is 22.7 Å². The predicted octanol–water partition coefficient (Wildman–Crippen LogP) is 3.45. The summed E-state index contributed by atoms with van der Waals surface area (Å²) in [6.45, 7) is 1.91. The van der Waals surface area contributed by atoms with Crippen LogP contribution in [0.25, 0.3) is 0 Å². The standard InChI is InChI=1S/C12H9BrINO5S/c1-6-2-3-7(4-8(6)14)15-21(18,19)10-5-9(12(16)17)20-11(10)13/h2-5,15H,1H3,(H,16,17). The van der Waals surface area contributed by atoms with Crippen LogP contribution in [-0.4, -0.2) is 19.5 Å². The van der Waals surface area contributed by atoms with Gasteiger partial charge in [-0.3, -0.25) is 4.72 Å². The van der Waals surface area contributed by atoms with Gasteiger partial charge in [0.05, 0.1) is 0 Å². The molecule has 9 heteroatoms. The minimum absolute atomic E-state index is 0.158. The van der Waals surface area contributed by atoms with Gasteiger partial charge >= 0.3 is 5.97 Å². The molecule has 0 saturated heterocycles. The molecule has 0 unspecified atom stereocenters. The van der Waals surface area contributed by atoms with Gasteiger partial charge in [-0.15, -0.1) is 0 Å². The average molecular weight is 486 g/mol. The van der Waals surface area contributed by atoms with Crippen molar-refractivity contribution in [3.8, 4) is 0 Å². The summed E-state index contributed by atoms with van der Waals surface area (Å²) in [6, 6.07) is 6.04. The molecule has 0 aliphatic rings. The van der Waals surface area contributed by atoms with Gasteiger partial charge in [0.25, 0.3) is 10.0 Å². The third kappa shape index (κ3) is 3.58. The largest absolute Gasteiger partial charge is 0.475 e. The average Bonchev–Trinajstić information content (AvgIpc) is 2.77. The Kier molecular flexibility index (Phi) is 4.63. The quantitative estimate of drug-likeness (QED) is 0.646. The van der Waals surface area contributed by atoms with Gasteiger partial charge in [-0.25, -0.2) is 13.2 Å². The zero-order valence-corrected chi connectivity index (χ0v) is 15.1. The number of hydrogen-bond donors (Lipinski definition) is 2. The molecule has 0 fully saturated rings. The third-order valence-electron chi connectivity index (χ3n) is 2.58. The van der Waals surface area contributed by atoms with Crippen molar-refractivity contribution in [3.05, 3.63) is 43.8 Å². The first-order chi connectivity index (χ1) is 9.70. The number of carboxylic acids is 1. The van der Waals surface area contributed by atoms with E-state index in [0.29, 0.717) is 5.69 Å². The Bertz CT molecular complexity index is 815. The van der Waals surface area contributed by atoms with Gasteiger partial charge in [-0.05, 0) is 63.1 Å². The highest BCUT2D eigenvalue weighted by Gasteiger charge is 2.25. The first-order valence-electron chi connectivity index (χ1n) is 5.52. The van der Waals surface area contributed by atoms with E-state index in [1.54, 1.807) is 18.2 Å². The molecule has 0 bridgehead atoms. The SMILES string of the molecule is Cc1ccc(NS(=O)(=O)c2cc(C(=O)O)oc2Br)cc1I. The molecule has 2 N–H and O–H groups in total. The van der Waals surface area contributed by atoms with E-state index in [1.165, 1.54) is 0 Å². The molecule has 0 aliphatic carbocycles. The lowest BCUT2D eigenvalue weighted by atomic mass is 10.2. The molecule has 6 nitrogen and oxygen atoms in total. The maximum Gasteiger partial charge on any atom is 0.371 e. The minimum Gasteiger partial charge on any atom is -0.475 e. The number of aromatic carboxylic acids is 1. The normalized spacial score (nSPS) is 11.4. The second kappa shape index (κ2) is 5.97. The van der Waals surface area contributed by atoms with E-state index in [-0.39, 0.29) is 9.56 Å². The molecular formula is C12H9BrINO5S. The molecule has 2 rings (SSSR count). The fourth-order valence-electron chi connectivity index (χ4n) is 1.51. The van der Waals surface area contributed by atoms with Gasteiger partial charge < -0.3 is 9.52 Å². The molecule has 0 radical (unpaired) electrons. The number of sulfonamides is 1. The van der Waals surface area contributed by atoms with Crippen molar-refractivity contribution in [1.29, 1.82) is 0 Å². The maximum atomic E-state index is 12.3. The highest BCUT2D eigenvalue weighted by Crippen LogP contribution is 2.28. The summed E-state index contributed by atoms with van der Waals surface area (Å²) in [7, 11) is -3.94. The first kappa shape index (κ1) is 16.3. The maximum absolute atomic E-state index is 12.3. The van der Waals surface area contributed by atoms with E-state index in [4.69, 9.17) is 9.52 Å². The Hall–Kier alpha value is -1.07. The van der Waals surface area contributed by atoms with Crippen molar-refractivity contribution in [3.63, 3.8) is 0 Å². The summed E-state index contributed by atoms with van der Waals surface area (Å²) in [5.41, 5.74) is 1.41. The summed E-state index contributed by atoms with van der Waals surface area (Å²) >= 11 is 5.01. The van der Waals surface area contributed by atoms with Crippen LogP contribution in [0.1, 0.15) is 16.1 Å². The fraction of sp³-hybridized carbons (Fsp3) is 0.0833. The smallest absolute Gasteiger partial charge is 0.371 e. The lowest BCUT2D eigenvalue weighted by molar-refractivity contribution is 0.0661. The Morgan fingerprint density at radius 3 is 2.57 bits per heavy atom. The summed E-state index contributed by atoms with van der Waals surface area (Å²) in [5.74, 6) is -1.80. The minimum atomic E-state index is -3.94. The Morgan fingerprint density at radius 2 is 2.05 bits per heavy atom. The number of carbonyl (C=O) groups is 1. The molecule has 0 aliphatic heterocycles. The van der Waals surface area contributed by atoms with E-state index in [9.17, 15) is 13.2 Å².